The second kappa shape index (κ2) is 3.94. The molecule has 0 saturated carbocycles. The maximum absolute atomic E-state index is 11.0. The van der Waals surface area contributed by atoms with Gasteiger partial charge in [0.25, 0.3) is 0 Å². The molecule has 0 aliphatic carbocycles. The lowest BCUT2D eigenvalue weighted by Gasteiger charge is -1.94. The summed E-state index contributed by atoms with van der Waals surface area (Å²) in [6, 6.07) is 1.54. The van der Waals surface area contributed by atoms with Crippen LogP contribution in [0.1, 0.15) is 17.4 Å². The first-order valence-corrected chi connectivity index (χ1v) is 3.71. The van der Waals surface area contributed by atoms with Crippen molar-refractivity contribution in [1.82, 2.24) is 5.16 Å². The summed E-state index contributed by atoms with van der Waals surface area (Å²) in [4.78, 5) is 11.0. The first-order valence-electron chi connectivity index (χ1n) is 3.71. The fourth-order valence-corrected chi connectivity index (χ4v) is 0.727. The normalized spacial score (nSPS) is 9.50. The number of carbonyl (C=O) groups is 1. The van der Waals surface area contributed by atoms with Gasteiger partial charge in [0.1, 0.15) is 0 Å². The molecule has 0 atom stereocenters. The van der Waals surface area contributed by atoms with E-state index < -0.39 is 5.97 Å². The smallest absolute Gasteiger partial charge is 0.360 e. The second-order valence-electron chi connectivity index (χ2n) is 2.12. The van der Waals surface area contributed by atoms with Crippen LogP contribution < -0.4 is 5.66 Å². The molecule has 1 aromatic heterocycles. The molecule has 0 spiro atoms. The van der Waals surface area contributed by atoms with Gasteiger partial charge in [-0.25, -0.2) is 4.79 Å². The Morgan fingerprint density at radius 2 is 2.58 bits per heavy atom. The number of hydrogen-bond donors (Lipinski definition) is 0. The minimum atomic E-state index is -0.450. The fraction of sp³-hybridized carbons (Fsp3) is 0.429. The zero-order valence-electron chi connectivity index (χ0n) is 7.03. The summed E-state index contributed by atoms with van der Waals surface area (Å²) in [5, 5.41) is 3.52. The van der Waals surface area contributed by atoms with Crippen LogP contribution in [-0.2, 0) is 4.74 Å². The quantitative estimate of drug-likeness (QED) is 0.476. The minimum Gasteiger partial charge on any atom is -0.461 e. The number of hydrogen-bond acceptors (Lipinski definition) is 4. The van der Waals surface area contributed by atoms with E-state index in [1.54, 1.807) is 21.0 Å². The van der Waals surface area contributed by atoms with Crippen LogP contribution in [0.2, 0.25) is 6.82 Å². The zero-order valence-corrected chi connectivity index (χ0v) is 7.03. The highest BCUT2D eigenvalue weighted by molar-refractivity contribution is 6.50. The lowest BCUT2D eigenvalue weighted by Crippen LogP contribution is -2.08. The van der Waals surface area contributed by atoms with E-state index in [9.17, 15) is 4.79 Å². The second-order valence-corrected chi connectivity index (χ2v) is 2.12. The molecule has 63 valence electrons. The van der Waals surface area contributed by atoms with Crippen LogP contribution in [0, 0.1) is 0 Å². The number of nitrogens with zero attached hydrogens (tertiary/aromatic N) is 1. The Bertz CT molecular complexity index is 271. The van der Waals surface area contributed by atoms with E-state index in [2.05, 4.69) is 5.16 Å². The van der Waals surface area contributed by atoms with Gasteiger partial charge in [-0.1, -0.05) is 12.0 Å². The first-order chi connectivity index (χ1) is 5.77. The van der Waals surface area contributed by atoms with Gasteiger partial charge in [0.05, 0.1) is 12.3 Å². The lowest BCUT2D eigenvalue weighted by atomic mass is 9.79. The molecule has 0 unspecified atom stereocenters. The topological polar surface area (TPSA) is 52.3 Å². The highest BCUT2D eigenvalue weighted by Gasteiger charge is 2.11. The van der Waals surface area contributed by atoms with Crippen LogP contribution >= 0.6 is 0 Å². The van der Waals surface area contributed by atoms with Crippen LogP contribution in [0.25, 0.3) is 0 Å². The number of rotatable bonds is 3. The van der Waals surface area contributed by atoms with Gasteiger partial charge in [-0.2, -0.15) is 0 Å². The van der Waals surface area contributed by atoms with Gasteiger partial charge in [0.2, 0.25) is 7.28 Å². The van der Waals surface area contributed by atoms with Crippen molar-refractivity contribution in [3.63, 3.8) is 0 Å². The Labute approximate surface area is 71.1 Å². The van der Waals surface area contributed by atoms with Gasteiger partial charge in [-0.05, 0) is 6.92 Å². The van der Waals surface area contributed by atoms with Crippen LogP contribution in [0.3, 0.4) is 0 Å². The van der Waals surface area contributed by atoms with E-state index in [1.165, 1.54) is 6.07 Å². The van der Waals surface area contributed by atoms with Crippen molar-refractivity contribution < 1.29 is 14.1 Å². The van der Waals surface area contributed by atoms with Crippen molar-refractivity contribution in [3.05, 3.63) is 11.8 Å². The molecule has 5 heteroatoms. The molecule has 0 aliphatic heterocycles. The first kappa shape index (κ1) is 8.84. The van der Waals surface area contributed by atoms with E-state index in [0.717, 1.165) is 0 Å². The standard InChI is InChI=1S/C7H9BNO3/c1-3-11-7(10)5-4-6(8-2)12-9-5/h4H,3H2,1-2H3. The Morgan fingerprint density at radius 3 is 3.08 bits per heavy atom. The Hall–Kier alpha value is -1.26. The molecular formula is C7H9BNO3. The van der Waals surface area contributed by atoms with E-state index in [4.69, 9.17) is 9.26 Å². The third-order valence-electron chi connectivity index (χ3n) is 1.30. The van der Waals surface area contributed by atoms with Gasteiger partial charge in [0.15, 0.2) is 5.69 Å². The summed E-state index contributed by atoms with van der Waals surface area (Å²) >= 11 is 0. The lowest BCUT2D eigenvalue weighted by molar-refractivity contribution is 0.0514. The maximum Gasteiger partial charge on any atom is 0.360 e. The molecule has 1 radical (unpaired) electrons. The molecule has 0 fully saturated rings. The third-order valence-corrected chi connectivity index (χ3v) is 1.30. The monoisotopic (exact) mass is 166 g/mol. The Morgan fingerprint density at radius 1 is 1.83 bits per heavy atom. The molecule has 0 aliphatic rings. The highest BCUT2D eigenvalue weighted by atomic mass is 16.5. The molecule has 1 aromatic rings. The van der Waals surface area contributed by atoms with Gasteiger partial charge < -0.3 is 9.26 Å². The van der Waals surface area contributed by atoms with Crippen LogP contribution in [-0.4, -0.2) is 25.0 Å². The van der Waals surface area contributed by atoms with Crippen molar-refractivity contribution in [2.75, 3.05) is 6.61 Å². The molecule has 1 rings (SSSR count). The molecule has 12 heavy (non-hydrogen) atoms. The van der Waals surface area contributed by atoms with E-state index >= 15 is 0 Å². The summed E-state index contributed by atoms with van der Waals surface area (Å²) in [5.74, 6) is -0.450. The Balaban J connectivity index is 2.68. The van der Waals surface area contributed by atoms with Crippen LogP contribution in [0.15, 0.2) is 10.6 Å². The maximum atomic E-state index is 11.0. The largest absolute Gasteiger partial charge is 0.461 e. The summed E-state index contributed by atoms with van der Waals surface area (Å²) in [6.07, 6.45) is 0. The zero-order chi connectivity index (χ0) is 8.97. The van der Waals surface area contributed by atoms with Crippen LogP contribution in [0.5, 0.6) is 0 Å². The summed E-state index contributed by atoms with van der Waals surface area (Å²) < 4.78 is 9.49. The molecule has 0 amide bonds. The molecule has 0 bridgehead atoms. The highest BCUT2D eigenvalue weighted by Crippen LogP contribution is 1.95. The predicted octanol–water partition coefficient (Wildman–Crippen LogP) is 0.229. The number of aromatic nitrogens is 1. The minimum absolute atomic E-state index is 0.213. The van der Waals surface area contributed by atoms with Crippen molar-refractivity contribution in [3.8, 4) is 0 Å². The van der Waals surface area contributed by atoms with Gasteiger partial charge in [-0.3, -0.25) is 0 Å². The molecule has 0 aromatic carbocycles. The van der Waals surface area contributed by atoms with Gasteiger partial charge in [-0.15, -0.1) is 0 Å². The van der Waals surface area contributed by atoms with Gasteiger partial charge >= 0.3 is 5.97 Å². The van der Waals surface area contributed by atoms with Crippen molar-refractivity contribution in [2.24, 2.45) is 0 Å². The molecule has 1 heterocycles. The summed E-state index contributed by atoms with van der Waals surface area (Å²) in [5.41, 5.74) is 0.781. The average Bonchev–Trinajstić information content (AvgIpc) is 2.52. The fourth-order valence-electron chi connectivity index (χ4n) is 0.727. The van der Waals surface area contributed by atoms with E-state index in [1.807, 2.05) is 0 Å². The molecule has 4 nitrogen and oxygen atoms in total. The molecule has 0 saturated heterocycles. The third kappa shape index (κ3) is 1.87. The van der Waals surface area contributed by atoms with Crippen molar-refractivity contribution >= 4 is 18.9 Å². The predicted molar refractivity (Wildman–Crippen MR) is 43.7 cm³/mol. The van der Waals surface area contributed by atoms with E-state index in [0.29, 0.717) is 12.3 Å². The molecular weight excluding hydrogens is 157 g/mol. The number of esters is 1. The summed E-state index contributed by atoms with van der Waals surface area (Å²) in [6.45, 7) is 3.89. The SMILES string of the molecule is C[B]c1cc(C(=O)OCC)no1. The van der Waals surface area contributed by atoms with Crippen molar-refractivity contribution in [1.29, 1.82) is 0 Å². The summed E-state index contributed by atoms with van der Waals surface area (Å²) in [7, 11) is 1.72. The number of carbonyl (C=O) groups excluding carboxylic acids is 1. The van der Waals surface area contributed by atoms with E-state index in [-0.39, 0.29) is 5.69 Å². The number of ether oxygens (including phenoxy) is 1. The average molecular weight is 166 g/mol. The Kier molecular flexibility index (Phi) is 2.91. The van der Waals surface area contributed by atoms with Gasteiger partial charge in [0, 0.05) is 6.07 Å². The molecule has 0 N–H and O–H groups in total. The van der Waals surface area contributed by atoms with Crippen LogP contribution in [0.4, 0.5) is 0 Å². The van der Waals surface area contributed by atoms with Crippen molar-refractivity contribution in [2.45, 2.75) is 13.7 Å².